The second-order valence-corrected chi connectivity index (χ2v) is 7.65. The maximum Gasteiger partial charge on any atom is 0.252 e. The number of aryl methyl sites for hydroxylation is 1. The quantitative estimate of drug-likeness (QED) is 0.738. The monoisotopic (exact) mass is 381 g/mol. The number of rotatable bonds is 8. The summed E-state index contributed by atoms with van der Waals surface area (Å²) in [6.45, 7) is 6.23. The Bertz CT molecular complexity index is 787. The van der Waals surface area contributed by atoms with Gasteiger partial charge in [0.05, 0.1) is 6.04 Å². The third-order valence-electron chi connectivity index (χ3n) is 4.90. The number of carbonyl (C=O) groups is 2. The smallest absolute Gasteiger partial charge is 0.252 e. The first kappa shape index (κ1) is 21.6. The van der Waals surface area contributed by atoms with Crippen molar-refractivity contribution in [2.24, 2.45) is 5.92 Å². The van der Waals surface area contributed by atoms with Crippen LogP contribution >= 0.6 is 0 Å². The van der Waals surface area contributed by atoms with E-state index in [1.807, 2.05) is 71.3 Å². The van der Waals surface area contributed by atoms with Crippen LogP contribution in [0.2, 0.25) is 0 Å². The number of hydrogen-bond donors (Lipinski definition) is 2. The molecule has 0 bridgehead atoms. The van der Waals surface area contributed by atoms with E-state index in [1.54, 1.807) is 6.07 Å². The number of likely N-dealkylation sites (N-methyl/N-ethyl adjacent to an activating group) is 1. The molecule has 150 valence electrons. The van der Waals surface area contributed by atoms with Gasteiger partial charge in [-0.1, -0.05) is 62.4 Å². The van der Waals surface area contributed by atoms with E-state index >= 15 is 0 Å². The Labute approximate surface area is 168 Å². The molecule has 0 spiro atoms. The third kappa shape index (κ3) is 5.67. The van der Waals surface area contributed by atoms with Crippen LogP contribution in [-0.2, 0) is 4.79 Å². The van der Waals surface area contributed by atoms with Gasteiger partial charge in [-0.05, 0) is 44.1 Å². The summed E-state index contributed by atoms with van der Waals surface area (Å²) in [7, 11) is 3.98. The lowest BCUT2D eigenvalue weighted by Crippen LogP contribution is -2.51. The fraction of sp³-hybridized carbons (Fsp3) is 0.391. The van der Waals surface area contributed by atoms with Gasteiger partial charge in [0.15, 0.2) is 0 Å². The van der Waals surface area contributed by atoms with Gasteiger partial charge in [0, 0.05) is 12.1 Å². The van der Waals surface area contributed by atoms with Crippen molar-refractivity contribution < 1.29 is 9.59 Å². The second kappa shape index (κ2) is 10.0. The van der Waals surface area contributed by atoms with Crippen LogP contribution in [0.5, 0.6) is 0 Å². The highest BCUT2D eigenvalue weighted by atomic mass is 16.2. The molecule has 0 aromatic heterocycles. The van der Waals surface area contributed by atoms with Gasteiger partial charge < -0.3 is 15.5 Å². The predicted molar refractivity (Wildman–Crippen MR) is 113 cm³/mol. The van der Waals surface area contributed by atoms with Crippen molar-refractivity contribution in [1.29, 1.82) is 0 Å². The molecule has 5 heteroatoms. The Morgan fingerprint density at radius 2 is 1.57 bits per heavy atom. The van der Waals surface area contributed by atoms with Gasteiger partial charge in [-0.25, -0.2) is 0 Å². The summed E-state index contributed by atoms with van der Waals surface area (Å²) >= 11 is 0. The van der Waals surface area contributed by atoms with Crippen LogP contribution in [0.1, 0.15) is 41.4 Å². The Morgan fingerprint density at radius 3 is 2.14 bits per heavy atom. The Hall–Kier alpha value is -2.66. The van der Waals surface area contributed by atoms with Crippen LogP contribution in [0.4, 0.5) is 0 Å². The van der Waals surface area contributed by atoms with Gasteiger partial charge in [-0.3, -0.25) is 9.59 Å². The van der Waals surface area contributed by atoms with Crippen molar-refractivity contribution in [3.05, 3.63) is 71.3 Å². The SMILES string of the molecule is Cc1ccccc1C(=O)NC(C(=O)NCC(c1ccccc1)N(C)C)C(C)C. The van der Waals surface area contributed by atoms with E-state index in [4.69, 9.17) is 0 Å². The van der Waals surface area contributed by atoms with Gasteiger partial charge in [0.25, 0.3) is 5.91 Å². The average Bonchev–Trinajstić information content (AvgIpc) is 2.66. The van der Waals surface area contributed by atoms with E-state index in [0.29, 0.717) is 12.1 Å². The fourth-order valence-corrected chi connectivity index (χ4v) is 3.16. The first-order chi connectivity index (χ1) is 13.3. The molecule has 2 N–H and O–H groups in total. The van der Waals surface area contributed by atoms with Crippen molar-refractivity contribution in [3.8, 4) is 0 Å². The van der Waals surface area contributed by atoms with E-state index in [1.165, 1.54) is 0 Å². The average molecular weight is 382 g/mol. The number of benzene rings is 2. The molecule has 0 saturated heterocycles. The lowest BCUT2D eigenvalue weighted by molar-refractivity contribution is -0.124. The number of hydrogen-bond acceptors (Lipinski definition) is 3. The molecular weight excluding hydrogens is 350 g/mol. The summed E-state index contributed by atoms with van der Waals surface area (Å²) in [6.07, 6.45) is 0. The van der Waals surface area contributed by atoms with Crippen molar-refractivity contribution in [2.75, 3.05) is 20.6 Å². The van der Waals surface area contributed by atoms with Crippen molar-refractivity contribution in [1.82, 2.24) is 15.5 Å². The van der Waals surface area contributed by atoms with Gasteiger partial charge in [0.1, 0.15) is 6.04 Å². The minimum atomic E-state index is -0.592. The lowest BCUT2D eigenvalue weighted by atomic mass is 10.0. The molecule has 0 fully saturated rings. The van der Waals surface area contributed by atoms with Gasteiger partial charge >= 0.3 is 0 Å². The molecule has 0 heterocycles. The van der Waals surface area contributed by atoms with Crippen molar-refractivity contribution >= 4 is 11.8 Å². The predicted octanol–water partition coefficient (Wildman–Crippen LogP) is 3.17. The Balaban J connectivity index is 2.06. The van der Waals surface area contributed by atoms with Crippen LogP contribution in [0.3, 0.4) is 0 Å². The zero-order valence-corrected chi connectivity index (χ0v) is 17.4. The summed E-state index contributed by atoms with van der Waals surface area (Å²) in [5.41, 5.74) is 2.62. The molecule has 0 radical (unpaired) electrons. The van der Waals surface area contributed by atoms with E-state index in [9.17, 15) is 9.59 Å². The molecule has 5 nitrogen and oxygen atoms in total. The molecule has 2 aromatic rings. The molecule has 2 unspecified atom stereocenters. The van der Waals surface area contributed by atoms with Crippen LogP contribution in [-0.4, -0.2) is 43.4 Å². The van der Waals surface area contributed by atoms with Crippen LogP contribution < -0.4 is 10.6 Å². The fourth-order valence-electron chi connectivity index (χ4n) is 3.16. The number of nitrogens with one attached hydrogen (secondary N) is 2. The summed E-state index contributed by atoms with van der Waals surface area (Å²) < 4.78 is 0. The molecule has 0 aliphatic heterocycles. The largest absolute Gasteiger partial charge is 0.352 e. The Kier molecular flexibility index (Phi) is 7.76. The van der Waals surface area contributed by atoms with E-state index in [0.717, 1.165) is 11.1 Å². The minimum Gasteiger partial charge on any atom is -0.352 e. The third-order valence-corrected chi connectivity index (χ3v) is 4.90. The highest BCUT2D eigenvalue weighted by Crippen LogP contribution is 2.17. The van der Waals surface area contributed by atoms with Crippen LogP contribution in [0.25, 0.3) is 0 Å². The first-order valence-electron chi connectivity index (χ1n) is 9.66. The standard InChI is InChI=1S/C23H31N3O2/c1-16(2)21(25-22(27)19-14-10-9-11-17(19)3)23(28)24-15-20(26(4)5)18-12-7-6-8-13-18/h6-14,16,20-21H,15H2,1-5H3,(H,24,28)(H,25,27). The normalized spacial score (nSPS) is 13.2. The number of amides is 2. The molecule has 0 saturated carbocycles. The van der Waals surface area contributed by atoms with Gasteiger partial charge in [-0.15, -0.1) is 0 Å². The lowest BCUT2D eigenvalue weighted by Gasteiger charge is -2.27. The number of nitrogens with zero attached hydrogens (tertiary/aromatic N) is 1. The van der Waals surface area contributed by atoms with Crippen molar-refractivity contribution in [3.63, 3.8) is 0 Å². The maximum absolute atomic E-state index is 12.9. The molecule has 2 rings (SSSR count). The van der Waals surface area contributed by atoms with Crippen molar-refractivity contribution in [2.45, 2.75) is 32.9 Å². The molecule has 2 aromatic carbocycles. The minimum absolute atomic E-state index is 0.0255. The highest BCUT2D eigenvalue weighted by Gasteiger charge is 2.26. The zero-order valence-electron chi connectivity index (χ0n) is 17.4. The molecule has 0 aliphatic rings. The van der Waals surface area contributed by atoms with Crippen LogP contribution in [0.15, 0.2) is 54.6 Å². The summed E-state index contributed by atoms with van der Waals surface area (Å²) in [5.74, 6) is -0.415. The van der Waals surface area contributed by atoms with E-state index in [-0.39, 0.29) is 23.8 Å². The molecule has 2 atom stereocenters. The molecular formula is C23H31N3O2. The zero-order chi connectivity index (χ0) is 20.7. The molecule has 2 amide bonds. The summed E-state index contributed by atoms with van der Waals surface area (Å²) in [5, 5.41) is 5.92. The van der Waals surface area contributed by atoms with Gasteiger partial charge in [-0.2, -0.15) is 0 Å². The van der Waals surface area contributed by atoms with E-state index < -0.39 is 6.04 Å². The maximum atomic E-state index is 12.9. The summed E-state index contributed by atoms with van der Waals surface area (Å²) in [4.78, 5) is 27.6. The highest BCUT2D eigenvalue weighted by molar-refractivity contribution is 5.98. The Morgan fingerprint density at radius 1 is 0.964 bits per heavy atom. The van der Waals surface area contributed by atoms with E-state index in [2.05, 4.69) is 27.7 Å². The molecule has 28 heavy (non-hydrogen) atoms. The second-order valence-electron chi connectivity index (χ2n) is 7.65. The van der Waals surface area contributed by atoms with Gasteiger partial charge in [0.2, 0.25) is 5.91 Å². The molecule has 0 aliphatic carbocycles. The topological polar surface area (TPSA) is 61.4 Å². The first-order valence-corrected chi connectivity index (χ1v) is 9.66. The number of carbonyl (C=O) groups excluding carboxylic acids is 2. The van der Waals surface area contributed by atoms with Crippen LogP contribution in [0, 0.1) is 12.8 Å². The summed E-state index contributed by atoms with van der Waals surface area (Å²) in [6, 6.07) is 16.9.